The fourth-order valence-corrected chi connectivity index (χ4v) is 2.46. The van der Waals surface area contributed by atoms with E-state index in [-0.39, 0.29) is 17.5 Å². The predicted octanol–water partition coefficient (Wildman–Crippen LogP) is 1.44. The maximum atomic E-state index is 10.2. The number of aliphatic hydroxyl groups is 1. The maximum Gasteiger partial charge on any atom is 0.161 e. The van der Waals surface area contributed by atoms with Crippen LogP contribution in [0.2, 0.25) is 0 Å². The summed E-state index contributed by atoms with van der Waals surface area (Å²) in [5, 5.41) is 32.7. The highest BCUT2D eigenvalue weighted by atomic mass is 16.3. The fraction of sp³-hybridized carbons (Fsp3) is 0.538. The third-order valence-corrected chi connectivity index (χ3v) is 3.25. The van der Waals surface area contributed by atoms with Crippen molar-refractivity contribution >= 4 is 0 Å². The molecule has 94 valence electrons. The Hall–Kier alpha value is -1.26. The number of fused-ring (bicyclic) bond motifs is 1. The molecule has 1 aromatic carbocycles. The second-order valence-corrected chi connectivity index (χ2v) is 4.91. The van der Waals surface area contributed by atoms with Gasteiger partial charge in [0, 0.05) is 17.6 Å². The standard InChI is InChI=1S/C13H19NO3/c1-7(2)14-10-5-3-9-8(12(10)16)4-6-11(15)13(9)17/h4,6-7,10,12,14-17H,3,5H2,1-2H3/t10?,12-/m0/s1. The van der Waals surface area contributed by atoms with Gasteiger partial charge < -0.3 is 20.6 Å². The number of phenols is 2. The van der Waals surface area contributed by atoms with Gasteiger partial charge in [-0.15, -0.1) is 0 Å². The van der Waals surface area contributed by atoms with Gasteiger partial charge in [-0.3, -0.25) is 0 Å². The third-order valence-electron chi connectivity index (χ3n) is 3.25. The van der Waals surface area contributed by atoms with Crippen LogP contribution in [-0.2, 0) is 6.42 Å². The van der Waals surface area contributed by atoms with Crippen LogP contribution in [0, 0.1) is 0 Å². The van der Waals surface area contributed by atoms with Crippen LogP contribution in [0.15, 0.2) is 12.1 Å². The van der Waals surface area contributed by atoms with Crippen LogP contribution in [-0.4, -0.2) is 27.4 Å². The minimum absolute atomic E-state index is 0.00597. The minimum Gasteiger partial charge on any atom is -0.504 e. The van der Waals surface area contributed by atoms with Crippen molar-refractivity contribution < 1.29 is 15.3 Å². The normalized spacial score (nSPS) is 23.8. The summed E-state index contributed by atoms with van der Waals surface area (Å²) in [5.41, 5.74) is 1.38. The van der Waals surface area contributed by atoms with Crippen LogP contribution in [0.25, 0.3) is 0 Å². The first-order valence-electron chi connectivity index (χ1n) is 5.98. The lowest BCUT2D eigenvalue weighted by atomic mass is 9.85. The zero-order chi connectivity index (χ0) is 12.6. The molecule has 1 unspecified atom stereocenters. The van der Waals surface area contributed by atoms with Gasteiger partial charge in [-0.2, -0.15) is 0 Å². The van der Waals surface area contributed by atoms with Gasteiger partial charge in [0.05, 0.1) is 6.10 Å². The van der Waals surface area contributed by atoms with E-state index in [1.165, 1.54) is 6.07 Å². The molecule has 1 aliphatic carbocycles. The lowest BCUT2D eigenvalue weighted by Gasteiger charge is -2.32. The zero-order valence-corrected chi connectivity index (χ0v) is 10.1. The van der Waals surface area contributed by atoms with Crippen LogP contribution in [0.5, 0.6) is 11.5 Å². The van der Waals surface area contributed by atoms with Crippen molar-refractivity contribution in [2.45, 2.75) is 44.9 Å². The molecular weight excluding hydrogens is 218 g/mol. The highest BCUT2D eigenvalue weighted by molar-refractivity contribution is 5.51. The van der Waals surface area contributed by atoms with E-state index in [9.17, 15) is 15.3 Å². The lowest BCUT2D eigenvalue weighted by Crippen LogP contribution is -2.41. The summed E-state index contributed by atoms with van der Waals surface area (Å²) in [6.45, 7) is 4.08. The summed E-state index contributed by atoms with van der Waals surface area (Å²) in [7, 11) is 0. The van der Waals surface area contributed by atoms with E-state index < -0.39 is 6.10 Å². The Kier molecular flexibility index (Phi) is 3.26. The number of phenolic OH excluding ortho intramolecular Hbond substituents is 2. The van der Waals surface area contributed by atoms with Crippen LogP contribution >= 0.6 is 0 Å². The summed E-state index contributed by atoms with van der Waals surface area (Å²) in [6.07, 6.45) is 0.785. The smallest absolute Gasteiger partial charge is 0.161 e. The average molecular weight is 237 g/mol. The highest BCUT2D eigenvalue weighted by Gasteiger charge is 2.30. The summed E-state index contributed by atoms with van der Waals surface area (Å²) < 4.78 is 0. The Morgan fingerprint density at radius 3 is 2.65 bits per heavy atom. The van der Waals surface area contributed by atoms with Gasteiger partial charge in [0.2, 0.25) is 0 Å². The molecule has 1 aromatic rings. The molecule has 17 heavy (non-hydrogen) atoms. The Balaban J connectivity index is 2.30. The Labute approximate surface area is 101 Å². The largest absolute Gasteiger partial charge is 0.504 e. The SMILES string of the molecule is CC(C)NC1CCc2c(ccc(O)c2O)[C@@H]1O. The molecule has 2 rings (SSSR count). The van der Waals surface area contributed by atoms with E-state index in [4.69, 9.17) is 0 Å². The van der Waals surface area contributed by atoms with Crippen molar-refractivity contribution in [3.05, 3.63) is 23.3 Å². The molecule has 0 aliphatic heterocycles. The molecule has 0 aromatic heterocycles. The Morgan fingerprint density at radius 2 is 2.00 bits per heavy atom. The number of rotatable bonds is 2. The van der Waals surface area contributed by atoms with Gasteiger partial charge in [-0.1, -0.05) is 19.9 Å². The number of hydrogen-bond acceptors (Lipinski definition) is 4. The third kappa shape index (κ3) is 2.23. The fourth-order valence-electron chi connectivity index (χ4n) is 2.46. The van der Waals surface area contributed by atoms with Crippen molar-refractivity contribution in [1.29, 1.82) is 0 Å². The molecule has 0 amide bonds. The molecule has 0 saturated carbocycles. The van der Waals surface area contributed by atoms with Gasteiger partial charge in [0.15, 0.2) is 11.5 Å². The molecule has 0 radical (unpaired) electrons. The van der Waals surface area contributed by atoms with Crippen molar-refractivity contribution in [1.82, 2.24) is 5.32 Å². The first-order chi connectivity index (χ1) is 8.00. The first kappa shape index (κ1) is 12.2. The molecule has 1 aliphatic rings. The molecule has 4 nitrogen and oxygen atoms in total. The molecule has 4 N–H and O–H groups in total. The summed E-state index contributed by atoms with van der Waals surface area (Å²) in [6, 6.07) is 3.42. The van der Waals surface area contributed by atoms with Crippen molar-refractivity contribution in [3.8, 4) is 11.5 Å². The maximum absolute atomic E-state index is 10.2. The number of aromatic hydroxyl groups is 2. The topological polar surface area (TPSA) is 72.7 Å². The monoisotopic (exact) mass is 237 g/mol. The van der Waals surface area contributed by atoms with Crippen molar-refractivity contribution in [2.75, 3.05) is 0 Å². The van der Waals surface area contributed by atoms with Crippen LogP contribution in [0.4, 0.5) is 0 Å². The predicted molar refractivity (Wildman–Crippen MR) is 65.1 cm³/mol. The molecule has 0 saturated heterocycles. The molecule has 0 spiro atoms. The molecule has 0 fully saturated rings. The van der Waals surface area contributed by atoms with Crippen LogP contribution in [0.1, 0.15) is 37.5 Å². The average Bonchev–Trinajstić information content (AvgIpc) is 2.27. The molecule has 2 atom stereocenters. The zero-order valence-electron chi connectivity index (χ0n) is 10.1. The van der Waals surface area contributed by atoms with Crippen molar-refractivity contribution in [2.24, 2.45) is 0 Å². The van der Waals surface area contributed by atoms with E-state index in [1.54, 1.807) is 6.07 Å². The molecule has 4 heteroatoms. The molecule has 0 bridgehead atoms. The molecular formula is C13H19NO3. The quantitative estimate of drug-likeness (QED) is 0.587. The summed E-state index contributed by atoms with van der Waals surface area (Å²) in [5.74, 6) is -0.212. The van der Waals surface area contributed by atoms with Crippen LogP contribution in [0.3, 0.4) is 0 Å². The minimum atomic E-state index is -0.632. The van der Waals surface area contributed by atoms with E-state index >= 15 is 0 Å². The van der Waals surface area contributed by atoms with Crippen molar-refractivity contribution in [3.63, 3.8) is 0 Å². The second kappa shape index (κ2) is 4.55. The van der Waals surface area contributed by atoms with Gasteiger partial charge >= 0.3 is 0 Å². The number of benzene rings is 1. The van der Waals surface area contributed by atoms with Crippen LogP contribution < -0.4 is 5.32 Å². The number of hydrogen-bond donors (Lipinski definition) is 4. The lowest BCUT2D eigenvalue weighted by molar-refractivity contribution is 0.109. The Bertz CT molecular complexity index is 417. The van der Waals surface area contributed by atoms with E-state index in [2.05, 4.69) is 5.32 Å². The summed E-state index contributed by atoms with van der Waals surface area (Å²) >= 11 is 0. The van der Waals surface area contributed by atoms with Gasteiger partial charge in [-0.25, -0.2) is 0 Å². The summed E-state index contributed by atoms with van der Waals surface area (Å²) in [4.78, 5) is 0. The van der Waals surface area contributed by atoms with E-state index in [0.29, 0.717) is 23.6 Å². The number of aliphatic hydroxyl groups excluding tert-OH is 1. The van der Waals surface area contributed by atoms with Gasteiger partial charge in [0.25, 0.3) is 0 Å². The Morgan fingerprint density at radius 1 is 1.29 bits per heavy atom. The number of nitrogens with one attached hydrogen (secondary N) is 1. The van der Waals surface area contributed by atoms with Gasteiger partial charge in [0.1, 0.15) is 0 Å². The molecule has 0 heterocycles. The van der Waals surface area contributed by atoms with E-state index in [1.807, 2.05) is 13.8 Å². The van der Waals surface area contributed by atoms with Gasteiger partial charge in [-0.05, 0) is 24.5 Å². The van der Waals surface area contributed by atoms with E-state index in [0.717, 1.165) is 6.42 Å². The second-order valence-electron chi connectivity index (χ2n) is 4.91. The highest BCUT2D eigenvalue weighted by Crippen LogP contribution is 2.39. The first-order valence-corrected chi connectivity index (χ1v) is 5.98.